The van der Waals surface area contributed by atoms with Gasteiger partial charge in [0.05, 0.1) is 0 Å². The highest BCUT2D eigenvalue weighted by molar-refractivity contribution is 5.75. The molecule has 2 nitrogen and oxygen atoms in total. The van der Waals surface area contributed by atoms with Gasteiger partial charge >= 0.3 is 0 Å². The third kappa shape index (κ3) is 5.21. The van der Waals surface area contributed by atoms with Gasteiger partial charge in [0, 0.05) is 6.42 Å². The van der Waals surface area contributed by atoms with Gasteiger partial charge in [0.2, 0.25) is 5.91 Å². The number of allylic oxidation sites excluding steroid dienone is 1. The molecule has 1 amide bonds. The van der Waals surface area contributed by atoms with Gasteiger partial charge in [-0.1, -0.05) is 12.2 Å². The van der Waals surface area contributed by atoms with Crippen molar-refractivity contribution in [1.29, 1.82) is 0 Å². The van der Waals surface area contributed by atoms with Crippen molar-refractivity contribution in [2.75, 3.05) is 0 Å². The summed E-state index contributed by atoms with van der Waals surface area (Å²) < 4.78 is 0. The molecule has 0 bridgehead atoms. The summed E-state index contributed by atoms with van der Waals surface area (Å²) in [5.41, 5.74) is 4.82. The zero-order valence-corrected chi connectivity index (χ0v) is 4.76. The van der Waals surface area contributed by atoms with Crippen LogP contribution in [0.5, 0.6) is 0 Å². The molecule has 45 valence electrons. The van der Waals surface area contributed by atoms with Gasteiger partial charge < -0.3 is 5.73 Å². The Kier molecular flexibility index (Phi) is 3.94. The summed E-state index contributed by atoms with van der Waals surface area (Å²) in [4.78, 5) is 10.0. The van der Waals surface area contributed by atoms with Crippen LogP contribution in [-0.2, 0) is 4.79 Å². The third-order valence-electron chi connectivity index (χ3n) is 0.652. The van der Waals surface area contributed by atoms with Crippen LogP contribution in [0, 0.1) is 6.92 Å². The average molecular weight is 112 g/mol. The molecular weight excluding hydrogens is 102 g/mol. The highest BCUT2D eigenvalue weighted by Crippen LogP contribution is 1.82. The monoisotopic (exact) mass is 112 g/mol. The van der Waals surface area contributed by atoms with Crippen LogP contribution in [0.4, 0.5) is 0 Å². The highest BCUT2D eigenvalue weighted by Gasteiger charge is 1.83. The van der Waals surface area contributed by atoms with Crippen molar-refractivity contribution in [3.63, 3.8) is 0 Å². The van der Waals surface area contributed by atoms with E-state index in [4.69, 9.17) is 5.73 Å². The van der Waals surface area contributed by atoms with Crippen molar-refractivity contribution in [3.8, 4) is 0 Å². The fourth-order valence-electron chi connectivity index (χ4n) is 0.317. The number of carbonyl (C=O) groups is 1. The Morgan fingerprint density at radius 1 is 1.62 bits per heavy atom. The highest BCUT2D eigenvalue weighted by atomic mass is 16.1. The summed E-state index contributed by atoms with van der Waals surface area (Å²) in [5, 5.41) is 0. The molecule has 1 radical (unpaired) electrons. The first-order valence-corrected chi connectivity index (χ1v) is 2.50. The van der Waals surface area contributed by atoms with Crippen LogP contribution in [0.2, 0.25) is 0 Å². The Morgan fingerprint density at radius 3 is 2.62 bits per heavy atom. The largest absolute Gasteiger partial charge is 0.369 e. The SMILES string of the molecule is [CH2]C/C=C/CC(N)=O. The number of hydrogen-bond acceptors (Lipinski definition) is 1. The summed E-state index contributed by atoms with van der Waals surface area (Å²) in [6.07, 6.45) is 4.57. The number of primary amides is 1. The summed E-state index contributed by atoms with van der Waals surface area (Å²) in [7, 11) is 0. The van der Waals surface area contributed by atoms with Crippen LogP contribution < -0.4 is 5.73 Å². The summed E-state index contributed by atoms with van der Waals surface area (Å²) in [6.45, 7) is 3.54. The molecule has 0 atom stereocenters. The second-order valence-corrected chi connectivity index (χ2v) is 1.43. The first kappa shape index (κ1) is 7.21. The zero-order chi connectivity index (χ0) is 6.41. The maximum absolute atomic E-state index is 10.0. The van der Waals surface area contributed by atoms with Gasteiger partial charge in [-0.05, 0) is 13.3 Å². The summed E-state index contributed by atoms with van der Waals surface area (Å²) in [6, 6.07) is 0. The molecule has 0 aromatic heterocycles. The predicted molar refractivity (Wildman–Crippen MR) is 32.9 cm³/mol. The molecule has 0 saturated carbocycles. The minimum absolute atomic E-state index is 0.297. The molecule has 0 aliphatic heterocycles. The minimum atomic E-state index is -0.297. The standard InChI is InChI=1S/C6H10NO/c1-2-3-4-5-6(7)8/h3-4H,1-2,5H2,(H2,7,8)/b4-3+. The fourth-order valence-corrected chi connectivity index (χ4v) is 0.317. The lowest BCUT2D eigenvalue weighted by atomic mass is 10.3. The van der Waals surface area contributed by atoms with Gasteiger partial charge in [0.15, 0.2) is 0 Å². The van der Waals surface area contributed by atoms with E-state index in [9.17, 15) is 4.79 Å². The lowest BCUT2D eigenvalue weighted by molar-refractivity contribution is -0.117. The second kappa shape index (κ2) is 4.37. The van der Waals surface area contributed by atoms with E-state index in [2.05, 4.69) is 6.92 Å². The van der Waals surface area contributed by atoms with Crippen LogP contribution in [0.25, 0.3) is 0 Å². The van der Waals surface area contributed by atoms with E-state index in [-0.39, 0.29) is 5.91 Å². The van der Waals surface area contributed by atoms with E-state index in [0.717, 1.165) is 0 Å². The maximum atomic E-state index is 10.0. The van der Waals surface area contributed by atoms with E-state index in [1.54, 1.807) is 6.08 Å². The molecule has 0 saturated heterocycles. The molecule has 0 aliphatic rings. The molecule has 0 heterocycles. The van der Waals surface area contributed by atoms with Crippen molar-refractivity contribution in [1.82, 2.24) is 0 Å². The molecule has 0 unspecified atom stereocenters. The number of carbonyl (C=O) groups excluding carboxylic acids is 1. The minimum Gasteiger partial charge on any atom is -0.369 e. The molecule has 0 rings (SSSR count). The number of rotatable bonds is 3. The van der Waals surface area contributed by atoms with E-state index in [1.807, 2.05) is 6.08 Å². The molecule has 2 heteroatoms. The van der Waals surface area contributed by atoms with E-state index in [1.165, 1.54) is 0 Å². The Hall–Kier alpha value is -0.790. The molecule has 0 aliphatic carbocycles. The van der Waals surface area contributed by atoms with Crippen LogP contribution in [0.15, 0.2) is 12.2 Å². The molecule has 0 aromatic rings. The quantitative estimate of drug-likeness (QED) is 0.535. The zero-order valence-electron chi connectivity index (χ0n) is 4.76. The van der Waals surface area contributed by atoms with Crippen LogP contribution in [0.3, 0.4) is 0 Å². The number of hydrogen-bond donors (Lipinski definition) is 1. The molecule has 0 spiro atoms. The van der Waals surface area contributed by atoms with Gasteiger partial charge in [-0.3, -0.25) is 4.79 Å². The van der Waals surface area contributed by atoms with Gasteiger partial charge in [0.1, 0.15) is 0 Å². The van der Waals surface area contributed by atoms with Crippen molar-refractivity contribution in [3.05, 3.63) is 19.1 Å². The molecule has 0 aromatic carbocycles. The van der Waals surface area contributed by atoms with Crippen LogP contribution in [-0.4, -0.2) is 5.91 Å². The number of amides is 1. The van der Waals surface area contributed by atoms with Gasteiger partial charge in [-0.2, -0.15) is 0 Å². The molecular formula is C6H10NO. The Labute approximate surface area is 49.4 Å². The number of nitrogens with two attached hydrogens (primary N) is 1. The smallest absolute Gasteiger partial charge is 0.221 e. The Morgan fingerprint density at radius 2 is 2.25 bits per heavy atom. The van der Waals surface area contributed by atoms with Crippen LogP contribution >= 0.6 is 0 Å². The topological polar surface area (TPSA) is 43.1 Å². The first-order chi connectivity index (χ1) is 3.77. The van der Waals surface area contributed by atoms with Crippen molar-refractivity contribution in [2.24, 2.45) is 5.73 Å². The Bertz CT molecular complexity index is 96.7. The fraction of sp³-hybridized carbons (Fsp3) is 0.333. The summed E-state index contributed by atoms with van der Waals surface area (Å²) >= 11 is 0. The van der Waals surface area contributed by atoms with E-state index < -0.39 is 0 Å². The van der Waals surface area contributed by atoms with Crippen molar-refractivity contribution >= 4 is 5.91 Å². The second-order valence-electron chi connectivity index (χ2n) is 1.43. The van der Waals surface area contributed by atoms with Crippen LogP contribution in [0.1, 0.15) is 12.8 Å². The first-order valence-electron chi connectivity index (χ1n) is 2.50. The lowest BCUT2D eigenvalue weighted by Gasteiger charge is -1.81. The van der Waals surface area contributed by atoms with E-state index >= 15 is 0 Å². The molecule has 0 fully saturated rings. The van der Waals surface area contributed by atoms with E-state index in [0.29, 0.717) is 12.8 Å². The molecule has 2 N–H and O–H groups in total. The summed E-state index contributed by atoms with van der Waals surface area (Å²) in [5.74, 6) is -0.297. The molecule has 8 heavy (non-hydrogen) atoms. The maximum Gasteiger partial charge on any atom is 0.221 e. The predicted octanol–water partition coefficient (Wildman–Crippen LogP) is 0.642. The van der Waals surface area contributed by atoms with Gasteiger partial charge in [0.25, 0.3) is 0 Å². The average Bonchev–Trinajstić information content (AvgIpc) is 1.66. The Balaban J connectivity index is 3.16. The van der Waals surface area contributed by atoms with Crippen molar-refractivity contribution < 1.29 is 4.79 Å². The lowest BCUT2D eigenvalue weighted by Crippen LogP contribution is -2.07. The third-order valence-corrected chi connectivity index (χ3v) is 0.652. The van der Waals surface area contributed by atoms with Gasteiger partial charge in [-0.25, -0.2) is 0 Å². The normalized spacial score (nSPS) is 10.1. The van der Waals surface area contributed by atoms with Crippen molar-refractivity contribution in [2.45, 2.75) is 12.8 Å². The van der Waals surface area contributed by atoms with Gasteiger partial charge in [-0.15, -0.1) is 0 Å².